The van der Waals surface area contributed by atoms with Crippen molar-refractivity contribution >= 4 is 23.0 Å². The van der Waals surface area contributed by atoms with Crippen LogP contribution >= 0.6 is 0 Å². The summed E-state index contributed by atoms with van der Waals surface area (Å²) in [7, 11) is 0. The summed E-state index contributed by atoms with van der Waals surface area (Å²) in [5.41, 5.74) is 4.65. The molecule has 138 valence electrons. The standard InChI is InChI=1S/C14H16F4N4O3/c15-8-1-3-21(4-2-8)11-6-10(19)12(22(24)25)5-9(11)13(23)20-7-14(16,17)18/h5-6,8H,1-4,7,19H2,(H,20,23). The number of halogens is 4. The quantitative estimate of drug-likeness (QED) is 0.370. The third-order valence-corrected chi connectivity index (χ3v) is 3.80. The average Bonchev–Trinajstić information content (AvgIpc) is 2.52. The predicted molar refractivity (Wildman–Crippen MR) is 82.2 cm³/mol. The van der Waals surface area contributed by atoms with E-state index >= 15 is 0 Å². The molecular weight excluding hydrogens is 348 g/mol. The Hall–Kier alpha value is -2.59. The Morgan fingerprint density at radius 1 is 1.36 bits per heavy atom. The number of hydrogen-bond acceptors (Lipinski definition) is 5. The number of piperidine rings is 1. The molecule has 1 fully saturated rings. The number of carbonyl (C=O) groups excluding carboxylic acids is 1. The Morgan fingerprint density at radius 3 is 2.48 bits per heavy atom. The van der Waals surface area contributed by atoms with Crippen molar-refractivity contribution in [2.24, 2.45) is 0 Å². The van der Waals surface area contributed by atoms with Gasteiger partial charge in [0.05, 0.1) is 16.2 Å². The second-order valence-corrected chi connectivity index (χ2v) is 5.64. The summed E-state index contributed by atoms with van der Waals surface area (Å²) >= 11 is 0. The first-order valence-corrected chi connectivity index (χ1v) is 7.40. The molecule has 2 rings (SSSR count). The number of nitrogens with zero attached hydrogens (tertiary/aromatic N) is 2. The van der Waals surface area contributed by atoms with Gasteiger partial charge < -0.3 is 16.0 Å². The fourth-order valence-electron chi connectivity index (χ4n) is 2.56. The van der Waals surface area contributed by atoms with Crippen LogP contribution in [-0.4, -0.2) is 42.8 Å². The zero-order valence-electron chi connectivity index (χ0n) is 13.0. The van der Waals surface area contributed by atoms with Crippen molar-refractivity contribution in [3.05, 3.63) is 27.8 Å². The van der Waals surface area contributed by atoms with E-state index in [0.29, 0.717) is 0 Å². The minimum atomic E-state index is -4.62. The number of rotatable bonds is 4. The zero-order chi connectivity index (χ0) is 18.8. The van der Waals surface area contributed by atoms with Gasteiger partial charge in [-0.25, -0.2) is 4.39 Å². The number of nitrogens with one attached hydrogen (secondary N) is 1. The highest BCUT2D eigenvalue weighted by Gasteiger charge is 2.30. The van der Waals surface area contributed by atoms with Crippen LogP contribution in [0.5, 0.6) is 0 Å². The third kappa shape index (κ3) is 4.70. The first-order chi connectivity index (χ1) is 11.6. The monoisotopic (exact) mass is 364 g/mol. The Labute approximate surface area is 139 Å². The number of nitro groups is 1. The molecule has 25 heavy (non-hydrogen) atoms. The fraction of sp³-hybridized carbons (Fsp3) is 0.500. The SMILES string of the molecule is Nc1cc(N2CCC(F)CC2)c(C(=O)NCC(F)(F)F)cc1[N+](=O)[O-]. The maximum absolute atomic E-state index is 13.3. The minimum Gasteiger partial charge on any atom is -0.393 e. The minimum absolute atomic E-state index is 0.148. The van der Waals surface area contributed by atoms with Crippen LogP contribution in [0.15, 0.2) is 12.1 Å². The Balaban J connectivity index is 2.37. The fourth-order valence-corrected chi connectivity index (χ4v) is 2.56. The van der Waals surface area contributed by atoms with Gasteiger partial charge in [-0.3, -0.25) is 14.9 Å². The first kappa shape index (κ1) is 18.7. The Kier molecular flexibility index (Phi) is 5.33. The third-order valence-electron chi connectivity index (χ3n) is 3.80. The van der Waals surface area contributed by atoms with Crippen molar-refractivity contribution in [2.45, 2.75) is 25.2 Å². The number of benzene rings is 1. The Morgan fingerprint density at radius 2 is 1.96 bits per heavy atom. The molecule has 1 aromatic rings. The summed E-state index contributed by atoms with van der Waals surface area (Å²) in [5, 5.41) is 12.7. The molecule has 11 heteroatoms. The van der Waals surface area contributed by atoms with Crippen LogP contribution in [0.1, 0.15) is 23.2 Å². The van der Waals surface area contributed by atoms with E-state index in [2.05, 4.69) is 0 Å². The number of amides is 1. The van der Waals surface area contributed by atoms with E-state index in [4.69, 9.17) is 5.73 Å². The molecule has 0 aromatic heterocycles. The molecule has 0 atom stereocenters. The first-order valence-electron chi connectivity index (χ1n) is 7.40. The van der Waals surface area contributed by atoms with Crippen LogP contribution in [-0.2, 0) is 0 Å². The second kappa shape index (κ2) is 7.11. The van der Waals surface area contributed by atoms with Crippen molar-refractivity contribution in [3.63, 3.8) is 0 Å². The average molecular weight is 364 g/mol. The summed E-state index contributed by atoms with van der Waals surface area (Å²) in [6.45, 7) is -1.13. The molecule has 0 spiro atoms. The van der Waals surface area contributed by atoms with Crippen molar-refractivity contribution in [1.29, 1.82) is 0 Å². The van der Waals surface area contributed by atoms with Crippen LogP contribution in [0, 0.1) is 10.1 Å². The maximum Gasteiger partial charge on any atom is 0.405 e. The summed E-state index contributed by atoms with van der Waals surface area (Å²) in [6.07, 6.45) is -5.27. The number of anilines is 2. The summed E-state index contributed by atoms with van der Waals surface area (Å²) < 4.78 is 50.2. The summed E-state index contributed by atoms with van der Waals surface area (Å²) in [6, 6.07) is 2.01. The molecule has 3 N–H and O–H groups in total. The van der Waals surface area contributed by atoms with Crippen molar-refractivity contribution in [2.75, 3.05) is 30.3 Å². The second-order valence-electron chi connectivity index (χ2n) is 5.64. The van der Waals surface area contributed by atoms with E-state index in [1.807, 2.05) is 0 Å². The lowest BCUT2D eigenvalue weighted by Gasteiger charge is -2.32. The number of nitro benzene ring substituents is 1. The van der Waals surface area contributed by atoms with Gasteiger partial charge in [0.2, 0.25) is 0 Å². The number of hydrogen-bond donors (Lipinski definition) is 2. The van der Waals surface area contributed by atoms with E-state index < -0.39 is 35.4 Å². The van der Waals surface area contributed by atoms with E-state index in [9.17, 15) is 32.5 Å². The molecule has 0 bridgehead atoms. The molecule has 7 nitrogen and oxygen atoms in total. The van der Waals surface area contributed by atoms with Crippen LogP contribution < -0.4 is 16.0 Å². The van der Waals surface area contributed by atoms with E-state index in [1.165, 1.54) is 6.07 Å². The van der Waals surface area contributed by atoms with Gasteiger partial charge in [-0.1, -0.05) is 0 Å². The number of carbonyl (C=O) groups is 1. The molecular formula is C14H16F4N4O3. The van der Waals surface area contributed by atoms with Crippen molar-refractivity contribution in [3.8, 4) is 0 Å². The molecule has 1 aromatic carbocycles. The predicted octanol–water partition coefficient (Wildman–Crippen LogP) is 2.41. The highest BCUT2D eigenvalue weighted by Crippen LogP contribution is 2.33. The lowest BCUT2D eigenvalue weighted by Crippen LogP contribution is -2.38. The van der Waals surface area contributed by atoms with Crippen molar-refractivity contribution < 1.29 is 27.3 Å². The zero-order valence-corrected chi connectivity index (χ0v) is 13.0. The van der Waals surface area contributed by atoms with Gasteiger partial charge in [-0.2, -0.15) is 13.2 Å². The topological polar surface area (TPSA) is 102 Å². The maximum atomic E-state index is 13.3. The molecule has 0 aliphatic carbocycles. The lowest BCUT2D eigenvalue weighted by molar-refractivity contribution is -0.383. The smallest absolute Gasteiger partial charge is 0.393 e. The van der Waals surface area contributed by atoms with Gasteiger partial charge in [0.15, 0.2) is 0 Å². The summed E-state index contributed by atoms with van der Waals surface area (Å²) in [4.78, 5) is 23.9. The van der Waals surface area contributed by atoms with Crippen LogP contribution in [0.25, 0.3) is 0 Å². The van der Waals surface area contributed by atoms with Crippen LogP contribution in [0.3, 0.4) is 0 Å². The van der Waals surface area contributed by atoms with E-state index in [1.54, 1.807) is 10.2 Å². The number of nitrogens with two attached hydrogens (primary N) is 1. The van der Waals surface area contributed by atoms with Gasteiger partial charge in [0, 0.05) is 19.2 Å². The van der Waals surface area contributed by atoms with Gasteiger partial charge in [-0.05, 0) is 18.9 Å². The van der Waals surface area contributed by atoms with Crippen LogP contribution in [0.4, 0.5) is 34.6 Å². The molecule has 0 saturated carbocycles. The van der Waals surface area contributed by atoms with E-state index in [0.717, 1.165) is 6.07 Å². The highest BCUT2D eigenvalue weighted by atomic mass is 19.4. The molecule has 1 heterocycles. The van der Waals surface area contributed by atoms with Crippen LogP contribution in [0.2, 0.25) is 0 Å². The molecule has 1 amide bonds. The number of alkyl halides is 4. The molecule has 1 aliphatic heterocycles. The van der Waals surface area contributed by atoms with Gasteiger partial charge >= 0.3 is 6.18 Å². The molecule has 1 aliphatic rings. The molecule has 1 saturated heterocycles. The van der Waals surface area contributed by atoms with Gasteiger partial charge in [0.25, 0.3) is 11.6 Å². The van der Waals surface area contributed by atoms with E-state index in [-0.39, 0.29) is 42.9 Å². The Bertz CT molecular complexity index is 673. The van der Waals surface area contributed by atoms with Gasteiger partial charge in [0.1, 0.15) is 18.4 Å². The summed E-state index contributed by atoms with van der Waals surface area (Å²) in [5.74, 6) is -1.11. The highest BCUT2D eigenvalue weighted by molar-refractivity contribution is 6.01. The van der Waals surface area contributed by atoms with Crippen molar-refractivity contribution in [1.82, 2.24) is 5.32 Å². The largest absolute Gasteiger partial charge is 0.405 e. The number of nitrogen functional groups attached to an aromatic ring is 1. The molecule has 0 radical (unpaired) electrons. The normalized spacial score (nSPS) is 15.9. The molecule has 0 unspecified atom stereocenters. The van der Waals surface area contributed by atoms with Gasteiger partial charge in [-0.15, -0.1) is 0 Å². The lowest BCUT2D eigenvalue weighted by atomic mass is 10.0.